The Labute approximate surface area is 103 Å². The van der Waals surface area contributed by atoms with Crippen LogP contribution >= 0.6 is 0 Å². The van der Waals surface area contributed by atoms with Crippen LogP contribution in [-0.2, 0) is 4.79 Å². The predicted octanol–water partition coefficient (Wildman–Crippen LogP) is 1.65. The van der Waals surface area contributed by atoms with E-state index < -0.39 is 4.92 Å². The van der Waals surface area contributed by atoms with Gasteiger partial charge >= 0.3 is 0 Å². The zero-order valence-corrected chi connectivity index (χ0v) is 9.83. The van der Waals surface area contributed by atoms with Gasteiger partial charge in [-0.05, 0) is 13.0 Å². The van der Waals surface area contributed by atoms with Crippen LogP contribution in [0.5, 0.6) is 5.75 Å². The van der Waals surface area contributed by atoms with Gasteiger partial charge in [-0.3, -0.25) is 14.9 Å². The van der Waals surface area contributed by atoms with Gasteiger partial charge < -0.3 is 9.64 Å². The molecule has 2 heterocycles. The number of ether oxygens (including phenoxy) is 1. The monoisotopic (exact) mass is 248 g/mol. The van der Waals surface area contributed by atoms with Crippen LogP contribution in [-0.4, -0.2) is 28.4 Å². The van der Waals surface area contributed by atoms with Gasteiger partial charge in [0.25, 0.3) is 5.69 Å². The van der Waals surface area contributed by atoms with Gasteiger partial charge in [-0.1, -0.05) is 0 Å². The quantitative estimate of drug-likeness (QED) is 0.453. The maximum Gasteiger partial charge on any atom is 0.270 e. The third kappa shape index (κ3) is 1.45. The fourth-order valence-electron chi connectivity index (χ4n) is 2.83. The smallest absolute Gasteiger partial charge is 0.270 e. The second-order valence-electron chi connectivity index (χ2n) is 5.03. The van der Waals surface area contributed by atoms with Crippen molar-refractivity contribution >= 4 is 12.1 Å². The minimum atomic E-state index is -0.436. The second kappa shape index (κ2) is 3.44. The Morgan fingerprint density at radius 1 is 1.61 bits per heavy atom. The normalized spacial score (nSPS) is 28.5. The summed E-state index contributed by atoms with van der Waals surface area (Å²) in [6.07, 6.45) is 1.47. The molecule has 1 aromatic rings. The van der Waals surface area contributed by atoms with E-state index in [1.165, 1.54) is 12.1 Å². The highest BCUT2D eigenvalue weighted by atomic mass is 16.6. The van der Waals surface area contributed by atoms with Gasteiger partial charge in [-0.2, -0.15) is 0 Å². The van der Waals surface area contributed by atoms with E-state index in [2.05, 4.69) is 0 Å². The van der Waals surface area contributed by atoms with E-state index in [4.69, 9.17) is 4.74 Å². The SMILES string of the molecule is CC12CC(c3cc([N+](=O)[O-])ccc3O1)N(C=O)C2. The Balaban J connectivity index is 2.10. The van der Waals surface area contributed by atoms with E-state index in [1.807, 2.05) is 6.92 Å². The lowest BCUT2D eigenvalue weighted by atomic mass is 9.93. The van der Waals surface area contributed by atoms with Crippen molar-refractivity contribution in [2.45, 2.75) is 25.0 Å². The molecule has 1 amide bonds. The number of amides is 1. The van der Waals surface area contributed by atoms with Gasteiger partial charge in [0.1, 0.15) is 11.4 Å². The molecule has 0 saturated carbocycles. The first-order chi connectivity index (χ1) is 8.52. The fraction of sp³-hybridized carbons (Fsp3) is 0.417. The average molecular weight is 248 g/mol. The minimum absolute atomic E-state index is 0.0266. The molecule has 6 heteroatoms. The molecule has 18 heavy (non-hydrogen) atoms. The molecule has 1 fully saturated rings. The molecule has 0 spiro atoms. The van der Waals surface area contributed by atoms with E-state index in [0.717, 1.165) is 12.0 Å². The summed E-state index contributed by atoms with van der Waals surface area (Å²) >= 11 is 0. The van der Waals surface area contributed by atoms with Gasteiger partial charge in [0.05, 0.1) is 17.5 Å². The number of nitro benzene ring substituents is 1. The number of nitrogens with zero attached hydrogens (tertiary/aromatic N) is 2. The highest BCUT2D eigenvalue weighted by Gasteiger charge is 2.48. The van der Waals surface area contributed by atoms with Gasteiger partial charge in [-0.15, -0.1) is 0 Å². The number of hydrogen-bond donors (Lipinski definition) is 0. The van der Waals surface area contributed by atoms with Crippen molar-refractivity contribution in [3.8, 4) is 5.75 Å². The summed E-state index contributed by atoms with van der Waals surface area (Å²) in [6.45, 7) is 2.47. The Morgan fingerprint density at radius 3 is 3.06 bits per heavy atom. The van der Waals surface area contributed by atoms with Crippen LogP contribution in [0.3, 0.4) is 0 Å². The first-order valence-corrected chi connectivity index (χ1v) is 5.71. The van der Waals surface area contributed by atoms with Crippen LogP contribution in [0.4, 0.5) is 5.69 Å². The highest BCUT2D eigenvalue weighted by molar-refractivity contribution is 5.55. The number of rotatable bonds is 2. The summed E-state index contributed by atoms with van der Waals surface area (Å²) in [4.78, 5) is 23.1. The minimum Gasteiger partial charge on any atom is -0.485 e. The standard InChI is InChI=1S/C12H12N2O4/c1-12-5-10(13(6-12)7-15)9-4-8(14(16)17)2-3-11(9)18-12/h2-4,7,10H,5-6H2,1H3. The van der Waals surface area contributed by atoms with Crippen molar-refractivity contribution in [1.82, 2.24) is 4.90 Å². The van der Waals surface area contributed by atoms with Crippen LogP contribution in [0.1, 0.15) is 24.9 Å². The van der Waals surface area contributed by atoms with E-state index in [9.17, 15) is 14.9 Å². The molecule has 0 radical (unpaired) electrons. The first-order valence-electron chi connectivity index (χ1n) is 5.71. The number of nitro groups is 1. The van der Waals surface area contributed by atoms with Gasteiger partial charge in [0.2, 0.25) is 6.41 Å². The maximum absolute atomic E-state index is 11.1. The molecule has 3 rings (SSSR count). The molecule has 1 saturated heterocycles. The van der Waals surface area contributed by atoms with Crippen molar-refractivity contribution in [3.05, 3.63) is 33.9 Å². The molecule has 6 nitrogen and oxygen atoms in total. The number of non-ortho nitro benzene ring substituents is 1. The first kappa shape index (κ1) is 11.0. The lowest BCUT2D eigenvalue weighted by Gasteiger charge is -2.30. The van der Waals surface area contributed by atoms with Gasteiger partial charge in [0.15, 0.2) is 0 Å². The Morgan fingerprint density at radius 2 is 2.39 bits per heavy atom. The number of carbonyl (C=O) groups is 1. The topological polar surface area (TPSA) is 72.7 Å². The molecule has 2 unspecified atom stereocenters. The molecule has 0 aliphatic carbocycles. The van der Waals surface area contributed by atoms with Crippen LogP contribution in [0.15, 0.2) is 18.2 Å². The van der Waals surface area contributed by atoms with Crippen molar-refractivity contribution in [2.75, 3.05) is 6.54 Å². The molecule has 94 valence electrons. The number of likely N-dealkylation sites (tertiary alicyclic amines) is 1. The largest absolute Gasteiger partial charge is 0.485 e. The Bertz CT molecular complexity index is 545. The molecule has 0 aromatic heterocycles. The maximum atomic E-state index is 11.1. The average Bonchev–Trinajstić information content (AvgIpc) is 2.61. The molecular formula is C12H12N2O4. The van der Waals surface area contributed by atoms with E-state index in [-0.39, 0.29) is 17.3 Å². The summed E-state index contributed by atoms with van der Waals surface area (Å²) in [5.74, 6) is 0.642. The second-order valence-corrected chi connectivity index (χ2v) is 5.03. The van der Waals surface area contributed by atoms with Gasteiger partial charge in [-0.25, -0.2) is 0 Å². The number of fused-ring (bicyclic) bond motifs is 4. The van der Waals surface area contributed by atoms with E-state index in [1.54, 1.807) is 11.0 Å². The summed E-state index contributed by atoms with van der Waals surface area (Å²) in [6, 6.07) is 4.43. The zero-order chi connectivity index (χ0) is 12.9. The number of benzene rings is 1. The zero-order valence-electron chi connectivity index (χ0n) is 9.83. The Hall–Kier alpha value is -2.11. The third-order valence-corrected chi connectivity index (χ3v) is 3.60. The van der Waals surface area contributed by atoms with Crippen LogP contribution < -0.4 is 4.74 Å². The molecule has 1 aromatic carbocycles. The molecule has 2 atom stereocenters. The summed E-state index contributed by atoms with van der Waals surface area (Å²) in [7, 11) is 0. The van der Waals surface area contributed by atoms with Gasteiger partial charge in [0, 0.05) is 24.1 Å². The highest BCUT2D eigenvalue weighted by Crippen LogP contribution is 2.48. The van der Waals surface area contributed by atoms with E-state index in [0.29, 0.717) is 18.7 Å². The van der Waals surface area contributed by atoms with Crippen molar-refractivity contribution in [2.24, 2.45) is 0 Å². The molecule has 2 bridgehead atoms. The molecular weight excluding hydrogens is 236 g/mol. The molecule has 0 N–H and O–H groups in total. The number of carbonyl (C=O) groups excluding carboxylic acids is 1. The lowest BCUT2D eigenvalue weighted by molar-refractivity contribution is -0.385. The number of hydrogen-bond acceptors (Lipinski definition) is 4. The lowest BCUT2D eigenvalue weighted by Crippen LogP contribution is -2.35. The molecule has 2 aliphatic heterocycles. The Kier molecular flexibility index (Phi) is 2.10. The third-order valence-electron chi connectivity index (χ3n) is 3.60. The van der Waals surface area contributed by atoms with Crippen molar-refractivity contribution in [1.29, 1.82) is 0 Å². The molecule has 2 aliphatic rings. The van der Waals surface area contributed by atoms with E-state index >= 15 is 0 Å². The summed E-state index contributed by atoms with van der Waals surface area (Å²) in [5.41, 5.74) is 0.374. The fourth-order valence-corrected chi connectivity index (χ4v) is 2.83. The van der Waals surface area contributed by atoms with Crippen LogP contribution in [0, 0.1) is 10.1 Å². The summed E-state index contributed by atoms with van der Waals surface area (Å²) < 4.78 is 5.85. The van der Waals surface area contributed by atoms with Crippen molar-refractivity contribution < 1.29 is 14.5 Å². The van der Waals surface area contributed by atoms with Crippen LogP contribution in [0.25, 0.3) is 0 Å². The van der Waals surface area contributed by atoms with Crippen molar-refractivity contribution in [3.63, 3.8) is 0 Å². The summed E-state index contributed by atoms with van der Waals surface area (Å²) in [5, 5.41) is 10.8. The van der Waals surface area contributed by atoms with Crippen LogP contribution in [0.2, 0.25) is 0 Å². The predicted molar refractivity (Wildman–Crippen MR) is 62.3 cm³/mol.